The van der Waals surface area contributed by atoms with Crippen LogP contribution in [-0.4, -0.2) is 0 Å². The third kappa shape index (κ3) is 2.96. The van der Waals surface area contributed by atoms with Crippen molar-refractivity contribution in [3.8, 4) is 11.3 Å². The molecule has 0 radical (unpaired) electrons. The summed E-state index contributed by atoms with van der Waals surface area (Å²) < 4.78 is 11.6. The zero-order chi connectivity index (χ0) is 28.8. The molecule has 3 nitrogen and oxygen atoms in total. The number of rotatable bonds is 0. The third-order valence-corrected chi connectivity index (χ3v) is 10.2. The Balaban J connectivity index is 1.45. The van der Waals surface area contributed by atoms with E-state index >= 15 is 0 Å². The lowest BCUT2D eigenvalue weighted by Crippen LogP contribution is -2.59. The quantitative estimate of drug-likeness (QED) is 0.138. The molecule has 0 bridgehead atoms. The van der Waals surface area contributed by atoms with Gasteiger partial charge in [-0.3, -0.25) is 0 Å². The van der Waals surface area contributed by atoms with Crippen LogP contribution in [0.15, 0.2) is 89.6 Å². The number of aromatic nitrogens is 2. The molecule has 3 heteroatoms. The highest BCUT2D eigenvalue weighted by Gasteiger charge is 2.53. The number of pyridine rings is 2. The first-order valence-corrected chi connectivity index (χ1v) is 15.3. The molecule has 0 aliphatic carbocycles. The molecule has 2 aliphatic rings. The van der Waals surface area contributed by atoms with E-state index in [1.807, 2.05) is 0 Å². The van der Waals surface area contributed by atoms with Crippen molar-refractivity contribution in [3.05, 3.63) is 107 Å². The van der Waals surface area contributed by atoms with Gasteiger partial charge in [-0.05, 0) is 57.9 Å². The highest BCUT2D eigenvalue weighted by Crippen LogP contribution is 2.52. The summed E-state index contributed by atoms with van der Waals surface area (Å²) in [5.41, 5.74) is 11.4. The van der Waals surface area contributed by atoms with Gasteiger partial charge in [0.1, 0.15) is 16.6 Å². The molecule has 0 saturated heterocycles. The molecular formula is C39H36N2O+2. The Labute approximate surface area is 246 Å². The molecule has 1 unspecified atom stereocenters. The van der Waals surface area contributed by atoms with Crippen LogP contribution in [0.3, 0.4) is 0 Å². The summed E-state index contributed by atoms with van der Waals surface area (Å²) in [5, 5.41) is 6.48. The highest BCUT2D eigenvalue weighted by molar-refractivity contribution is 6.32. The molecular weight excluding hydrogens is 512 g/mol. The van der Waals surface area contributed by atoms with Crippen molar-refractivity contribution in [2.45, 2.75) is 70.9 Å². The molecule has 4 aromatic carbocycles. The molecule has 0 amide bonds. The topological polar surface area (TPSA) is 20.9 Å². The predicted octanol–water partition coefficient (Wildman–Crippen LogP) is 8.48. The van der Waals surface area contributed by atoms with Crippen LogP contribution < -0.4 is 9.13 Å². The van der Waals surface area contributed by atoms with E-state index in [1.165, 1.54) is 66.0 Å². The first kappa shape index (κ1) is 24.4. The van der Waals surface area contributed by atoms with Crippen LogP contribution in [0.4, 0.5) is 0 Å². The van der Waals surface area contributed by atoms with Crippen molar-refractivity contribution >= 4 is 43.6 Å². The van der Waals surface area contributed by atoms with E-state index in [0.29, 0.717) is 0 Å². The zero-order valence-electron chi connectivity index (χ0n) is 25.3. The van der Waals surface area contributed by atoms with E-state index in [9.17, 15) is 0 Å². The standard InChI is InChI=1S/C39H36N2O/c1-37(2,3)23-12-14-27-29(19-23)39(22-41-20-24(38(4,5)6)13-16-30(27)41)21-40-18-8-10-26-25-9-7-11-31-33(25)35-32(42-31)17-15-28(39)34(35)36(26)40/h7-20H,21-22H2,1-6H3/q+2. The van der Waals surface area contributed by atoms with Gasteiger partial charge in [0.15, 0.2) is 25.5 Å². The number of furan rings is 1. The fraction of sp³-hybridized carbons (Fsp3) is 0.282. The summed E-state index contributed by atoms with van der Waals surface area (Å²) in [6, 6.07) is 27.6. The molecule has 9 rings (SSSR count). The van der Waals surface area contributed by atoms with Crippen molar-refractivity contribution in [3.63, 3.8) is 0 Å². The molecule has 2 aliphatic heterocycles. The lowest BCUT2D eigenvalue weighted by Gasteiger charge is -2.38. The van der Waals surface area contributed by atoms with Gasteiger partial charge < -0.3 is 4.42 Å². The van der Waals surface area contributed by atoms with Gasteiger partial charge in [0.05, 0.1) is 16.3 Å². The second kappa shape index (κ2) is 7.58. The summed E-state index contributed by atoms with van der Waals surface area (Å²) in [7, 11) is 0. The van der Waals surface area contributed by atoms with Gasteiger partial charge in [0.2, 0.25) is 11.2 Å². The number of hydrogen-bond donors (Lipinski definition) is 0. The van der Waals surface area contributed by atoms with Gasteiger partial charge >= 0.3 is 0 Å². The van der Waals surface area contributed by atoms with Crippen molar-refractivity contribution in [1.29, 1.82) is 0 Å². The second-order valence-corrected chi connectivity index (χ2v) is 14.8. The SMILES string of the molecule is CC(C)(C)c1ccc2c(c1)C1(C[n+]3cc(C(C)(C)C)ccc3-2)C[n+]2cccc3c4cccc5oc6ccc1c(c6c54)c32. The fourth-order valence-corrected chi connectivity index (χ4v) is 8.07. The predicted molar refractivity (Wildman–Crippen MR) is 170 cm³/mol. The largest absolute Gasteiger partial charge is 0.456 e. The van der Waals surface area contributed by atoms with Crippen molar-refractivity contribution in [1.82, 2.24) is 0 Å². The molecule has 42 heavy (non-hydrogen) atoms. The van der Waals surface area contributed by atoms with E-state index in [1.54, 1.807) is 0 Å². The van der Waals surface area contributed by atoms with Gasteiger partial charge in [0.25, 0.3) is 0 Å². The van der Waals surface area contributed by atoms with Gasteiger partial charge in [-0.15, -0.1) is 0 Å². The second-order valence-electron chi connectivity index (χ2n) is 14.8. The Bertz CT molecular complexity index is 2270. The minimum absolute atomic E-state index is 0.0561. The maximum Gasteiger partial charge on any atom is 0.221 e. The Kier molecular flexibility index (Phi) is 4.40. The number of hydrogen-bond acceptors (Lipinski definition) is 1. The summed E-state index contributed by atoms with van der Waals surface area (Å²) in [6.45, 7) is 15.7. The summed E-state index contributed by atoms with van der Waals surface area (Å²) >= 11 is 0. The summed E-state index contributed by atoms with van der Waals surface area (Å²) in [5.74, 6) is 0. The molecule has 1 spiro atoms. The van der Waals surface area contributed by atoms with Crippen molar-refractivity contribution in [2.24, 2.45) is 0 Å². The van der Waals surface area contributed by atoms with E-state index in [2.05, 4.69) is 136 Å². The monoisotopic (exact) mass is 548 g/mol. The first-order valence-electron chi connectivity index (χ1n) is 15.3. The first-order chi connectivity index (χ1) is 20.0. The van der Waals surface area contributed by atoms with Gasteiger partial charge in [-0.25, -0.2) is 0 Å². The van der Waals surface area contributed by atoms with Crippen LogP contribution in [0.5, 0.6) is 0 Å². The number of fused-ring (bicyclic) bond motifs is 6. The molecule has 206 valence electrons. The van der Waals surface area contributed by atoms with Crippen LogP contribution in [0.2, 0.25) is 0 Å². The van der Waals surface area contributed by atoms with E-state index in [-0.39, 0.29) is 16.2 Å². The van der Waals surface area contributed by atoms with Crippen LogP contribution in [-0.2, 0) is 29.3 Å². The molecule has 3 aromatic heterocycles. The molecule has 0 saturated carbocycles. The summed E-state index contributed by atoms with van der Waals surface area (Å²) in [6.07, 6.45) is 4.72. The van der Waals surface area contributed by atoms with Gasteiger partial charge in [-0.2, -0.15) is 9.13 Å². The average Bonchev–Trinajstić information content (AvgIpc) is 3.35. The van der Waals surface area contributed by atoms with Crippen LogP contribution >= 0.6 is 0 Å². The van der Waals surface area contributed by atoms with Crippen LogP contribution in [0, 0.1) is 0 Å². The maximum atomic E-state index is 6.51. The van der Waals surface area contributed by atoms with Crippen LogP contribution in [0.25, 0.3) is 54.9 Å². The van der Waals surface area contributed by atoms with E-state index < -0.39 is 0 Å². The third-order valence-electron chi connectivity index (χ3n) is 10.2. The Morgan fingerprint density at radius 1 is 0.643 bits per heavy atom. The lowest BCUT2D eigenvalue weighted by molar-refractivity contribution is -0.725. The zero-order valence-corrected chi connectivity index (χ0v) is 25.3. The van der Waals surface area contributed by atoms with E-state index in [0.717, 1.165) is 24.3 Å². The van der Waals surface area contributed by atoms with Crippen LogP contribution in [0.1, 0.15) is 63.8 Å². The minimum atomic E-state index is -0.236. The van der Waals surface area contributed by atoms with Crippen molar-refractivity contribution < 1.29 is 13.6 Å². The lowest BCUT2D eigenvalue weighted by atomic mass is 9.66. The maximum absolute atomic E-state index is 6.51. The average molecular weight is 549 g/mol. The van der Waals surface area contributed by atoms with E-state index in [4.69, 9.17) is 4.42 Å². The Morgan fingerprint density at radius 3 is 2.19 bits per heavy atom. The molecule has 0 fully saturated rings. The molecule has 7 aromatic rings. The summed E-state index contributed by atoms with van der Waals surface area (Å²) in [4.78, 5) is 0. The molecule has 0 N–H and O–H groups in total. The van der Waals surface area contributed by atoms with Crippen molar-refractivity contribution in [2.75, 3.05) is 0 Å². The van der Waals surface area contributed by atoms with Gasteiger partial charge in [-0.1, -0.05) is 71.9 Å². The fourth-order valence-electron chi connectivity index (χ4n) is 8.07. The number of benzene rings is 4. The minimum Gasteiger partial charge on any atom is -0.456 e. The smallest absolute Gasteiger partial charge is 0.221 e. The molecule has 5 heterocycles. The van der Waals surface area contributed by atoms with Gasteiger partial charge in [0, 0.05) is 33.9 Å². The normalized spacial score (nSPS) is 18.1. The Morgan fingerprint density at radius 2 is 1.38 bits per heavy atom. The Hall–Kier alpha value is -4.24. The number of nitrogens with zero attached hydrogens (tertiary/aromatic N) is 2. The highest BCUT2D eigenvalue weighted by atomic mass is 16.3. The molecule has 1 atom stereocenters.